The van der Waals surface area contributed by atoms with E-state index < -0.39 is 29.4 Å². The van der Waals surface area contributed by atoms with Crippen molar-refractivity contribution in [1.82, 2.24) is 4.98 Å². The number of unbranched alkanes of at least 4 members (excludes halogenated alkanes) is 1. The molecular formula is C27H35BrN2O7. The van der Waals surface area contributed by atoms with Crippen molar-refractivity contribution in [3.05, 3.63) is 46.1 Å². The second kappa shape index (κ2) is 12.4. The van der Waals surface area contributed by atoms with E-state index in [9.17, 15) is 14.4 Å². The number of nitrogens with zero attached hydrogens (tertiary/aromatic N) is 2. The predicted molar refractivity (Wildman–Crippen MR) is 143 cm³/mol. The number of ether oxygens (including phenoxy) is 4. The van der Waals surface area contributed by atoms with Crippen LogP contribution in [0.5, 0.6) is 11.5 Å². The molecule has 0 N–H and O–H groups in total. The molecule has 2 aromatic rings. The summed E-state index contributed by atoms with van der Waals surface area (Å²) in [5.74, 6) is -0.770. The summed E-state index contributed by atoms with van der Waals surface area (Å²) < 4.78 is 22.8. The van der Waals surface area contributed by atoms with Gasteiger partial charge in [0.15, 0.2) is 11.6 Å². The van der Waals surface area contributed by atoms with Gasteiger partial charge in [0, 0.05) is 5.56 Å². The number of aromatic nitrogens is 1. The number of para-hydroxylation sites is 1. The summed E-state index contributed by atoms with van der Waals surface area (Å²) >= 11 is 3.35. The van der Waals surface area contributed by atoms with Gasteiger partial charge in [-0.3, -0.25) is 0 Å². The van der Waals surface area contributed by atoms with Crippen LogP contribution in [0.25, 0.3) is 0 Å². The third-order valence-corrected chi connectivity index (χ3v) is 5.36. The quantitative estimate of drug-likeness (QED) is 0.147. The third kappa shape index (κ3) is 8.73. The molecule has 0 saturated carbocycles. The Morgan fingerprint density at radius 1 is 0.946 bits per heavy atom. The molecule has 0 aliphatic heterocycles. The summed E-state index contributed by atoms with van der Waals surface area (Å²) in [6.45, 7) is 13.8. The maximum atomic E-state index is 13.4. The summed E-state index contributed by atoms with van der Waals surface area (Å²) in [5.41, 5.74) is -1.45. The van der Waals surface area contributed by atoms with Crippen molar-refractivity contribution in [2.75, 3.05) is 11.5 Å². The monoisotopic (exact) mass is 578 g/mol. The maximum absolute atomic E-state index is 13.4. The lowest BCUT2D eigenvalue weighted by Crippen LogP contribution is -2.44. The first-order valence-corrected chi connectivity index (χ1v) is 12.8. The van der Waals surface area contributed by atoms with Crippen LogP contribution in [0.3, 0.4) is 0 Å². The highest BCUT2D eigenvalue weighted by molar-refractivity contribution is 9.10. The molecule has 37 heavy (non-hydrogen) atoms. The molecule has 202 valence electrons. The van der Waals surface area contributed by atoms with Gasteiger partial charge in [0.1, 0.15) is 27.1 Å². The lowest BCUT2D eigenvalue weighted by molar-refractivity contribution is 0.0425. The molecule has 1 heterocycles. The first-order chi connectivity index (χ1) is 17.1. The number of benzene rings is 1. The van der Waals surface area contributed by atoms with Gasteiger partial charge in [-0.2, -0.15) is 4.90 Å². The minimum atomic E-state index is -1.03. The molecule has 9 nitrogen and oxygen atoms in total. The number of carbonyl (C=O) groups is 3. The zero-order chi connectivity index (χ0) is 28.0. The van der Waals surface area contributed by atoms with Gasteiger partial charge in [-0.15, -0.1) is 0 Å². The minimum absolute atomic E-state index is 0.00829. The Labute approximate surface area is 226 Å². The van der Waals surface area contributed by atoms with E-state index in [0.29, 0.717) is 22.6 Å². The average molecular weight is 579 g/mol. The van der Waals surface area contributed by atoms with Crippen LogP contribution in [-0.4, -0.2) is 40.9 Å². The summed E-state index contributed by atoms with van der Waals surface area (Å²) in [5, 5.41) is 0. The van der Waals surface area contributed by atoms with Crippen LogP contribution in [0.1, 0.15) is 77.2 Å². The molecule has 2 rings (SSSR count). The van der Waals surface area contributed by atoms with Crippen LogP contribution in [0.4, 0.5) is 15.4 Å². The van der Waals surface area contributed by atoms with Crippen molar-refractivity contribution < 1.29 is 33.3 Å². The van der Waals surface area contributed by atoms with Gasteiger partial charge in [0.25, 0.3) is 0 Å². The second-order valence-electron chi connectivity index (χ2n) is 10.3. The largest absolute Gasteiger partial charge is 0.489 e. The van der Waals surface area contributed by atoms with Crippen molar-refractivity contribution in [2.45, 2.75) is 79.4 Å². The van der Waals surface area contributed by atoms with E-state index in [2.05, 4.69) is 20.9 Å². The van der Waals surface area contributed by atoms with E-state index in [0.717, 1.165) is 6.42 Å². The molecule has 0 fully saturated rings. The first kappa shape index (κ1) is 30.1. The molecule has 0 radical (unpaired) electrons. The predicted octanol–water partition coefficient (Wildman–Crippen LogP) is 7.23. The van der Waals surface area contributed by atoms with Crippen LogP contribution < -0.4 is 14.4 Å². The van der Waals surface area contributed by atoms with Gasteiger partial charge in [-0.1, -0.05) is 31.5 Å². The molecule has 0 aliphatic carbocycles. The third-order valence-electron chi connectivity index (χ3n) is 4.58. The molecule has 0 bridgehead atoms. The fourth-order valence-corrected chi connectivity index (χ4v) is 3.34. The van der Waals surface area contributed by atoms with Crippen molar-refractivity contribution in [3.63, 3.8) is 0 Å². The van der Waals surface area contributed by atoms with Crippen molar-refractivity contribution in [3.8, 4) is 11.5 Å². The Balaban J connectivity index is 2.75. The topological polar surface area (TPSA) is 104 Å². The average Bonchev–Trinajstić information content (AvgIpc) is 2.75. The number of rotatable bonds is 7. The fraction of sp³-hybridized carbons (Fsp3) is 0.481. The first-order valence-electron chi connectivity index (χ1n) is 12.0. The second-order valence-corrected chi connectivity index (χ2v) is 11.0. The Morgan fingerprint density at radius 2 is 1.49 bits per heavy atom. The highest BCUT2D eigenvalue weighted by Crippen LogP contribution is 2.38. The van der Waals surface area contributed by atoms with E-state index in [4.69, 9.17) is 18.9 Å². The molecule has 2 amide bonds. The van der Waals surface area contributed by atoms with Crippen molar-refractivity contribution in [1.29, 1.82) is 0 Å². The molecule has 0 unspecified atom stereocenters. The van der Waals surface area contributed by atoms with Gasteiger partial charge < -0.3 is 18.9 Å². The van der Waals surface area contributed by atoms with Crippen LogP contribution >= 0.6 is 15.9 Å². The number of carbonyl (C=O) groups excluding carboxylic acids is 3. The Bertz CT molecular complexity index is 1090. The Hall–Kier alpha value is -3.14. The number of amides is 2. The van der Waals surface area contributed by atoms with Crippen LogP contribution in [0.2, 0.25) is 0 Å². The van der Waals surface area contributed by atoms with Crippen LogP contribution in [0, 0.1) is 6.92 Å². The van der Waals surface area contributed by atoms with E-state index in [1.807, 2.05) is 6.92 Å². The highest BCUT2D eigenvalue weighted by Gasteiger charge is 2.38. The number of hydrogen-bond acceptors (Lipinski definition) is 8. The molecule has 0 spiro atoms. The SMILES string of the molecule is CCCCOc1c(N(C(=O)OC(C)(C)C)C(=O)OC(C)(C)C)nc(Br)c(C)c1C(=O)Oc1ccccc1. The number of hydrogen-bond donors (Lipinski definition) is 0. The fourth-order valence-electron chi connectivity index (χ4n) is 2.97. The summed E-state index contributed by atoms with van der Waals surface area (Å²) in [6, 6.07) is 8.53. The molecule has 0 aliphatic rings. The van der Waals surface area contributed by atoms with Crippen LogP contribution in [0.15, 0.2) is 34.9 Å². The van der Waals surface area contributed by atoms with Gasteiger partial charge >= 0.3 is 18.2 Å². The molecule has 0 atom stereocenters. The Morgan fingerprint density at radius 3 is 1.97 bits per heavy atom. The van der Waals surface area contributed by atoms with Gasteiger partial charge in [-0.25, -0.2) is 19.4 Å². The Kier molecular flexibility index (Phi) is 10.1. The number of pyridine rings is 1. The van der Waals surface area contributed by atoms with E-state index in [1.54, 1.807) is 78.8 Å². The van der Waals surface area contributed by atoms with E-state index in [1.165, 1.54) is 0 Å². The van der Waals surface area contributed by atoms with Gasteiger partial charge in [0.2, 0.25) is 0 Å². The molecule has 10 heteroatoms. The van der Waals surface area contributed by atoms with E-state index in [-0.39, 0.29) is 28.3 Å². The molecular weight excluding hydrogens is 544 g/mol. The zero-order valence-corrected chi connectivity index (χ0v) is 24.2. The normalized spacial score (nSPS) is 11.5. The lowest BCUT2D eigenvalue weighted by atomic mass is 10.1. The number of halogens is 1. The van der Waals surface area contributed by atoms with Crippen molar-refractivity contribution in [2.24, 2.45) is 0 Å². The van der Waals surface area contributed by atoms with Gasteiger partial charge in [0.05, 0.1) is 6.61 Å². The van der Waals surface area contributed by atoms with Gasteiger partial charge in [-0.05, 0) is 82.9 Å². The molecule has 0 saturated heterocycles. The van der Waals surface area contributed by atoms with E-state index >= 15 is 0 Å². The minimum Gasteiger partial charge on any atom is -0.489 e. The standard InChI is InChI=1S/C27H35BrN2O7/c1-9-10-16-34-20-19(23(31)35-18-14-12-11-13-15-18)17(2)21(28)29-22(20)30(24(32)36-26(3,4)5)25(33)37-27(6,7)8/h11-15H,9-10,16H2,1-8H3. The number of esters is 1. The smallest absolute Gasteiger partial charge is 0.425 e. The lowest BCUT2D eigenvalue weighted by Gasteiger charge is -2.29. The number of imide groups is 1. The van der Waals surface area contributed by atoms with Crippen LogP contribution in [-0.2, 0) is 9.47 Å². The maximum Gasteiger partial charge on any atom is 0.425 e. The number of anilines is 1. The molecule has 1 aromatic heterocycles. The molecule has 1 aromatic carbocycles. The highest BCUT2D eigenvalue weighted by atomic mass is 79.9. The summed E-state index contributed by atoms with van der Waals surface area (Å²) in [7, 11) is 0. The summed E-state index contributed by atoms with van der Waals surface area (Å²) in [4.78, 5) is 45.1. The zero-order valence-electron chi connectivity index (χ0n) is 22.6. The van der Waals surface area contributed by atoms with Crippen molar-refractivity contribution >= 4 is 39.9 Å². The summed E-state index contributed by atoms with van der Waals surface area (Å²) in [6.07, 6.45) is -0.606.